The summed E-state index contributed by atoms with van der Waals surface area (Å²) in [5, 5.41) is 19.0. The van der Waals surface area contributed by atoms with E-state index in [1.807, 2.05) is 43.0 Å². The molecule has 0 atom stereocenters. The first-order valence-corrected chi connectivity index (χ1v) is 12.9. The van der Waals surface area contributed by atoms with Crippen LogP contribution in [0, 0.1) is 25.2 Å². The maximum absolute atomic E-state index is 13.6. The molecule has 4 rings (SSSR count). The highest BCUT2D eigenvalue weighted by Crippen LogP contribution is 2.39. The van der Waals surface area contributed by atoms with Crippen molar-refractivity contribution in [2.24, 2.45) is 11.3 Å². The van der Waals surface area contributed by atoms with Crippen LogP contribution in [-0.2, 0) is 6.54 Å². The molecule has 3 aromatic rings. The zero-order valence-corrected chi connectivity index (χ0v) is 22.3. The van der Waals surface area contributed by atoms with Gasteiger partial charge in [0.05, 0.1) is 0 Å². The van der Waals surface area contributed by atoms with Crippen molar-refractivity contribution >= 4 is 23.6 Å². The number of urea groups is 1. The first-order chi connectivity index (χ1) is 17.6. The average Bonchev–Trinajstić information content (AvgIpc) is 3.35. The number of carbonyl (C=O) groups is 2. The molecule has 0 radical (unpaired) electrons. The highest BCUT2D eigenvalue weighted by Gasteiger charge is 2.33. The largest absolute Gasteiger partial charge is 0.322 e. The van der Waals surface area contributed by atoms with Gasteiger partial charge in [0.15, 0.2) is 0 Å². The summed E-state index contributed by atoms with van der Waals surface area (Å²) >= 11 is 0. The molecule has 9 nitrogen and oxygen atoms in total. The van der Waals surface area contributed by atoms with Crippen LogP contribution in [0.2, 0.25) is 0 Å². The number of nitrogens with one attached hydrogen (secondary N) is 3. The third-order valence-corrected chi connectivity index (χ3v) is 7.24. The highest BCUT2D eigenvalue weighted by atomic mass is 16.2. The monoisotopic (exact) mass is 519 g/mol. The summed E-state index contributed by atoms with van der Waals surface area (Å²) in [5.41, 5.74) is 4.75. The Morgan fingerprint density at radius 1 is 0.974 bits per heavy atom. The Labute approximate surface area is 225 Å². The second-order valence-electron chi connectivity index (χ2n) is 11.2. The van der Waals surface area contributed by atoms with E-state index in [1.165, 1.54) is 0 Å². The van der Waals surface area contributed by atoms with Crippen molar-refractivity contribution < 1.29 is 9.59 Å². The molecular formula is C29H41N7O2. The Balaban J connectivity index is 0.00000400. The molecule has 3 N–H and O–H groups in total. The summed E-state index contributed by atoms with van der Waals surface area (Å²) in [4.78, 5) is 28.0. The molecule has 38 heavy (non-hydrogen) atoms. The Bertz CT molecular complexity index is 1190. The van der Waals surface area contributed by atoms with Gasteiger partial charge in [0.2, 0.25) is 0 Å². The lowest BCUT2D eigenvalue weighted by molar-refractivity contribution is 0.102. The van der Waals surface area contributed by atoms with E-state index in [0.717, 1.165) is 48.1 Å². The molecule has 1 aliphatic carbocycles. The zero-order chi connectivity index (χ0) is 26.6. The molecule has 1 heterocycles. The standard InChI is InChI=1S/C28H37N7O2.CH4/c1-18-14-19(2)16-23(15-18)29-27(37)35(24-12-10-22(11-13-24)28(3,4)5)17-20-6-8-21(9-7-20)25(36)30-26-31-33-34-32-26;/h6-9,14-16,22,24H,10-13,17H2,1-5H3,(H,29,37)(H2,30,31,32,33,34,36);1H4. The van der Waals surface area contributed by atoms with Crippen LogP contribution in [0.25, 0.3) is 0 Å². The van der Waals surface area contributed by atoms with Crippen LogP contribution in [0.5, 0.6) is 0 Å². The van der Waals surface area contributed by atoms with Crippen molar-refractivity contribution in [1.82, 2.24) is 25.5 Å². The highest BCUT2D eigenvalue weighted by molar-refractivity contribution is 6.03. The van der Waals surface area contributed by atoms with Crippen molar-refractivity contribution in [3.8, 4) is 0 Å². The predicted molar refractivity (Wildman–Crippen MR) is 151 cm³/mol. The van der Waals surface area contributed by atoms with Gasteiger partial charge in [-0.25, -0.2) is 4.79 Å². The van der Waals surface area contributed by atoms with Gasteiger partial charge in [0.25, 0.3) is 11.9 Å². The summed E-state index contributed by atoms with van der Waals surface area (Å²) in [6.45, 7) is 11.4. The maximum atomic E-state index is 13.6. The van der Waals surface area contributed by atoms with E-state index in [9.17, 15) is 9.59 Å². The van der Waals surface area contributed by atoms with E-state index in [1.54, 1.807) is 12.1 Å². The Hall–Kier alpha value is -3.75. The number of carbonyl (C=O) groups excluding carboxylic acids is 2. The van der Waals surface area contributed by atoms with E-state index in [4.69, 9.17) is 0 Å². The molecule has 9 heteroatoms. The van der Waals surface area contributed by atoms with E-state index < -0.39 is 0 Å². The second kappa shape index (κ2) is 12.2. The van der Waals surface area contributed by atoms with Gasteiger partial charge in [-0.05, 0) is 97.0 Å². The van der Waals surface area contributed by atoms with Crippen LogP contribution in [0.3, 0.4) is 0 Å². The SMILES string of the molecule is C.Cc1cc(C)cc(NC(=O)N(Cc2ccc(C(=O)Nc3nn[nH]n3)cc2)C2CCC(C(C)(C)C)CC2)c1. The summed E-state index contributed by atoms with van der Waals surface area (Å²) in [5.74, 6) is 0.456. The number of benzene rings is 2. The number of aromatic amines is 1. The fourth-order valence-electron chi connectivity index (χ4n) is 5.21. The molecule has 3 amide bonds. The van der Waals surface area contributed by atoms with Crippen molar-refractivity contribution in [3.63, 3.8) is 0 Å². The van der Waals surface area contributed by atoms with Crippen LogP contribution >= 0.6 is 0 Å². The molecule has 0 unspecified atom stereocenters. The van der Waals surface area contributed by atoms with Crippen molar-refractivity contribution in [2.75, 3.05) is 10.6 Å². The lowest BCUT2D eigenvalue weighted by atomic mass is 9.71. The average molecular weight is 520 g/mol. The maximum Gasteiger partial charge on any atom is 0.322 e. The van der Waals surface area contributed by atoms with Gasteiger partial charge >= 0.3 is 6.03 Å². The fraction of sp³-hybridized carbons (Fsp3) is 0.483. The first kappa shape index (κ1) is 28.8. The van der Waals surface area contributed by atoms with Gasteiger partial charge in [0.1, 0.15) is 0 Å². The minimum absolute atomic E-state index is 0. The number of aromatic nitrogens is 4. The Morgan fingerprint density at radius 3 is 2.16 bits per heavy atom. The second-order valence-corrected chi connectivity index (χ2v) is 11.2. The van der Waals surface area contributed by atoms with Crippen LogP contribution in [0.4, 0.5) is 16.4 Å². The Kier molecular flexibility index (Phi) is 9.25. The number of tetrazole rings is 1. The van der Waals surface area contributed by atoms with E-state index in [-0.39, 0.29) is 36.8 Å². The molecule has 0 bridgehead atoms. The molecule has 1 saturated carbocycles. The molecule has 1 aliphatic rings. The fourth-order valence-corrected chi connectivity index (χ4v) is 5.21. The predicted octanol–water partition coefficient (Wildman–Crippen LogP) is 6.34. The number of rotatable bonds is 6. The van der Waals surface area contributed by atoms with Gasteiger partial charge in [-0.2, -0.15) is 5.21 Å². The van der Waals surface area contributed by atoms with Crippen molar-refractivity contribution in [3.05, 3.63) is 64.7 Å². The van der Waals surface area contributed by atoms with Gasteiger partial charge < -0.3 is 10.2 Å². The van der Waals surface area contributed by atoms with E-state index in [2.05, 4.69) is 58.1 Å². The number of H-pyrrole nitrogens is 1. The van der Waals surface area contributed by atoms with Crippen molar-refractivity contribution in [1.29, 1.82) is 0 Å². The molecular weight excluding hydrogens is 478 g/mol. The van der Waals surface area contributed by atoms with Gasteiger partial charge in [-0.15, -0.1) is 5.10 Å². The molecule has 2 aromatic carbocycles. The van der Waals surface area contributed by atoms with E-state index >= 15 is 0 Å². The lowest BCUT2D eigenvalue weighted by Crippen LogP contribution is -2.45. The number of hydrogen-bond donors (Lipinski definition) is 3. The summed E-state index contributed by atoms with van der Waals surface area (Å²) in [7, 11) is 0. The molecule has 1 fully saturated rings. The number of hydrogen-bond acceptors (Lipinski definition) is 5. The third kappa shape index (κ3) is 7.40. The first-order valence-electron chi connectivity index (χ1n) is 12.9. The van der Waals surface area contributed by atoms with Crippen LogP contribution in [-0.4, -0.2) is 43.5 Å². The quantitative estimate of drug-likeness (QED) is 0.351. The topological polar surface area (TPSA) is 116 Å². The summed E-state index contributed by atoms with van der Waals surface area (Å²) in [6, 6.07) is 13.4. The molecule has 0 aliphatic heterocycles. The Morgan fingerprint density at radius 2 is 1.61 bits per heavy atom. The van der Waals surface area contributed by atoms with E-state index in [0.29, 0.717) is 18.0 Å². The van der Waals surface area contributed by atoms with Crippen LogP contribution in [0.1, 0.15) is 80.9 Å². The summed E-state index contributed by atoms with van der Waals surface area (Å²) in [6.07, 6.45) is 4.17. The van der Waals surface area contributed by atoms with Crippen LogP contribution in [0.15, 0.2) is 42.5 Å². The van der Waals surface area contributed by atoms with Gasteiger partial charge in [0, 0.05) is 23.8 Å². The number of nitrogens with zero attached hydrogens (tertiary/aromatic N) is 4. The molecule has 0 saturated heterocycles. The summed E-state index contributed by atoms with van der Waals surface area (Å²) < 4.78 is 0. The smallest absolute Gasteiger partial charge is 0.317 e. The molecule has 204 valence electrons. The number of aryl methyl sites for hydroxylation is 2. The third-order valence-electron chi connectivity index (χ3n) is 7.24. The van der Waals surface area contributed by atoms with Gasteiger partial charge in [-0.3, -0.25) is 10.1 Å². The number of anilines is 2. The lowest BCUT2D eigenvalue weighted by Gasteiger charge is -2.41. The van der Waals surface area contributed by atoms with Crippen molar-refractivity contribution in [2.45, 2.75) is 80.3 Å². The minimum Gasteiger partial charge on any atom is -0.317 e. The molecule has 0 spiro atoms. The zero-order valence-electron chi connectivity index (χ0n) is 22.3. The molecule has 1 aromatic heterocycles. The normalized spacial score (nSPS) is 17.3. The number of amides is 3. The van der Waals surface area contributed by atoms with Crippen LogP contribution < -0.4 is 10.6 Å². The van der Waals surface area contributed by atoms with Gasteiger partial charge in [-0.1, -0.05) is 51.5 Å². The minimum atomic E-state index is -0.321.